The van der Waals surface area contributed by atoms with Gasteiger partial charge in [-0.2, -0.15) is 4.68 Å². The van der Waals surface area contributed by atoms with Crippen molar-refractivity contribution in [2.45, 2.75) is 19.8 Å². The van der Waals surface area contributed by atoms with Gasteiger partial charge in [0.15, 0.2) is 17.5 Å². The van der Waals surface area contributed by atoms with Crippen LogP contribution in [0.1, 0.15) is 25.3 Å². The van der Waals surface area contributed by atoms with E-state index in [1.807, 2.05) is 6.08 Å². The number of nitrogen functional groups attached to an aromatic ring is 1. The fourth-order valence-corrected chi connectivity index (χ4v) is 3.43. The molecule has 2 N–H and O–H groups in total. The molecule has 0 saturated heterocycles. The van der Waals surface area contributed by atoms with Crippen molar-refractivity contribution in [1.29, 1.82) is 0 Å². The van der Waals surface area contributed by atoms with Gasteiger partial charge in [0.2, 0.25) is 5.91 Å². The highest BCUT2D eigenvalue weighted by molar-refractivity contribution is 5.77. The number of aromatic nitrogens is 5. The van der Waals surface area contributed by atoms with E-state index >= 15 is 0 Å². The molecule has 154 valence electrons. The molecule has 1 aliphatic heterocycles. The number of rotatable bonds is 3. The van der Waals surface area contributed by atoms with E-state index in [4.69, 9.17) is 5.73 Å². The van der Waals surface area contributed by atoms with E-state index in [-0.39, 0.29) is 23.2 Å². The first kappa shape index (κ1) is 19.6. The molecular formula is C20H19F2N7O. The molecule has 0 unspecified atom stereocenters. The number of allylic oxidation sites excluding steroid dienone is 1. The second-order valence-electron chi connectivity index (χ2n) is 6.94. The largest absolute Gasteiger partial charge is 0.383 e. The summed E-state index contributed by atoms with van der Waals surface area (Å²) in [5.74, 6) is -1.74. The first-order chi connectivity index (χ1) is 14.5. The van der Waals surface area contributed by atoms with Crippen molar-refractivity contribution in [3.8, 4) is 17.1 Å². The van der Waals surface area contributed by atoms with Gasteiger partial charge in [0.25, 0.3) is 0 Å². The Morgan fingerprint density at radius 2 is 2.10 bits per heavy atom. The van der Waals surface area contributed by atoms with E-state index in [1.54, 1.807) is 24.1 Å². The minimum absolute atomic E-state index is 0.0277. The lowest BCUT2D eigenvalue weighted by molar-refractivity contribution is -0.128. The molecule has 0 spiro atoms. The Balaban J connectivity index is 1.75. The molecule has 8 nitrogen and oxygen atoms in total. The predicted octanol–water partition coefficient (Wildman–Crippen LogP) is 2.61. The van der Waals surface area contributed by atoms with Crippen molar-refractivity contribution in [3.63, 3.8) is 0 Å². The molecule has 0 fully saturated rings. The van der Waals surface area contributed by atoms with Gasteiger partial charge >= 0.3 is 0 Å². The zero-order valence-corrected chi connectivity index (χ0v) is 16.2. The SMILES string of the molecule is CC(=O)N1CC=C(c2cnc(N)c(-c3nnnn3-c3cccc(F)c3F)c2)CCC1. The summed E-state index contributed by atoms with van der Waals surface area (Å²) in [6.45, 7) is 2.74. The van der Waals surface area contributed by atoms with E-state index in [0.29, 0.717) is 18.7 Å². The summed E-state index contributed by atoms with van der Waals surface area (Å²) in [7, 11) is 0. The van der Waals surface area contributed by atoms with E-state index in [1.165, 1.54) is 12.1 Å². The molecule has 2 aromatic heterocycles. The molecule has 30 heavy (non-hydrogen) atoms. The van der Waals surface area contributed by atoms with Gasteiger partial charge in [-0.15, -0.1) is 5.10 Å². The molecule has 10 heteroatoms. The number of nitrogens with two attached hydrogens (primary N) is 1. The number of amides is 1. The third-order valence-corrected chi connectivity index (χ3v) is 5.04. The highest BCUT2D eigenvalue weighted by Gasteiger charge is 2.20. The Kier molecular flexibility index (Phi) is 5.21. The molecule has 1 amide bonds. The summed E-state index contributed by atoms with van der Waals surface area (Å²) in [5.41, 5.74) is 8.14. The Bertz CT molecular complexity index is 1140. The van der Waals surface area contributed by atoms with Gasteiger partial charge in [-0.05, 0) is 52.6 Å². The standard InChI is InChI=1S/C20H19F2N7O/c1-12(30)28-8-3-4-13(7-9-28)14-10-15(19(23)24-11-14)20-25-26-27-29(20)17-6-2-5-16(21)18(17)22/h2,5-7,10-11H,3-4,8-9H2,1H3,(H2,23,24). The summed E-state index contributed by atoms with van der Waals surface area (Å²) in [5, 5.41) is 11.4. The van der Waals surface area contributed by atoms with Gasteiger partial charge in [-0.1, -0.05) is 12.1 Å². The van der Waals surface area contributed by atoms with Gasteiger partial charge in [-0.25, -0.2) is 13.8 Å². The Hall–Kier alpha value is -3.69. The van der Waals surface area contributed by atoms with E-state index < -0.39 is 11.6 Å². The third kappa shape index (κ3) is 3.63. The molecule has 4 rings (SSSR count). The van der Waals surface area contributed by atoms with Crippen LogP contribution in [-0.4, -0.2) is 49.1 Å². The maximum atomic E-state index is 14.3. The number of halogens is 2. The molecule has 0 atom stereocenters. The molecule has 0 radical (unpaired) electrons. The number of carbonyl (C=O) groups is 1. The highest BCUT2D eigenvalue weighted by atomic mass is 19.2. The average Bonchev–Trinajstić information content (AvgIpc) is 3.06. The zero-order valence-electron chi connectivity index (χ0n) is 16.2. The predicted molar refractivity (Wildman–Crippen MR) is 106 cm³/mol. The summed E-state index contributed by atoms with van der Waals surface area (Å²) < 4.78 is 29.1. The number of benzene rings is 1. The highest BCUT2D eigenvalue weighted by Crippen LogP contribution is 2.30. The van der Waals surface area contributed by atoms with Crippen molar-refractivity contribution >= 4 is 17.3 Å². The topological polar surface area (TPSA) is 103 Å². The maximum Gasteiger partial charge on any atom is 0.219 e. The first-order valence-corrected chi connectivity index (χ1v) is 9.39. The van der Waals surface area contributed by atoms with E-state index in [9.17, 15) is 13.6 Å². The van der Waals surface area contributed by atoms with Crippen LogP contribution >= 0.6 is 0 Å². The van der Waals surface area contributed by atoms with Crippen molar-refractivity contribution in [3.05, 3.63) is 53.7 Å². The molecule has 0 bridgehead atoms. The molecular weight excluding hydrogens is 392 g/mol. The Labute approximate surface area is 171 Å². The summed E-state index contributed by atoms with van der Waals surface area (Å²) in [4.78, 5) is 17.7. The van der Waals surface area contributed by atoms with Crippen LogP contribution in [0, 0.1) is 11.6 Å². The van der Waals surface area contributed by atoms with Crippen LogP contribution in [-0.2, 0) is 4.79 Å². The monoisotopic (exact) mass is 411 g/mol. The number of pyridine rings is 1. The average molecular weight is 411 g/mol. The van der Waals surface area contributed by atoms with Gasteiger partial charge < -0.3 is 10.6 Å². The van der Waals surface area contributed by atoms with Crippen LogP contribution in [0.25, 0.3) is 22.6 Å². The molecule has 0 saturated carbocycles. The number of hydrogen-bond donors (Lipinski definition) is 1. The van der Waals surface area contributed by atoms with Crippen LogP contribution < -0.4 is 5.73 Å². The third-order valence-electron chi connectivity index (χ3n) is 5.04. The Morgan fingerprint density at radius 1 is 1.27 bits per heavy atom. The van der Waals surface area contributed by atoms with Crippen molar-refractivity contribution in [1.82, 2.24) is 30.1 Å². The summed E-state index contributed by atoms with van der Waals surface area (Å²) in [6, 6.07) is 5.53. The van der Waals surface area contributed by atoms with Gasteiger partial charge in [-0.3, -0.25) is 4.79 Å². The fraction of sp³-hybridized carbons (Fsp3) is 0.250. The van der Waals surface area contributed by atoms with Crippen LogP contribution in [0.5, 0.6) is 0 Å². The summed E-state index contributed by atoms with van der Waals surface area (Å²) in [6.07, 6.45) is 5.21. The lowest BCUT2D eigenvalue weighted by Gasteiger charge is -2.16. The molecule has 0 aliphatic carbocycles. The second-order valence-corrected chi connectivity index (χ2v) is 6.94. The minimum atomic E-state index is -1.07. The minimum Gasteiger partial charge on any atom is -0.383 e. The quantitative estimate of drug-likeness (QED) is 0.711. The van der Waals surface area contributed by atoms with Gasteiger partial charge in [0.05, 0.1) is 5.56 Å². The van der Waals surface area contributed by atoms with E-state index in [0.717, 1.165) is 34.7 Å². The smallest absolute Gasteiger partial charge is 0.219 e. The molecule has 3 aromatic rings. The number of hydrogen-bond acceptors (Lipinski definition) is 6. The van der Waals surface area contributed by atoms with E-state index in [2.05, 4.69) is 20.5 Å². The van der Waals surface area contributed by atoms with Crippen molar-refractivity contribution in [2.24, 2.45) is 0 Å². The number of carbonyl (C=O) groups excluding carboxylic acids is 1. The van der Waals surface area contributed by atoms with Crippen LogP contribution in [0.15, 0.2) is 36.5 Å². The lowest BCUT2D eigenvalue weighted by atomic mass is 10.0. The summed E-state index contributed by atoms with van der Waals surface area (Å²) >= 11 is 0. The fourth-order valence-electron chi connectivity index (χ4n) is 3.43. The van der Waals surface area contributed by atoms with Crippen molar-refractivity contribution in [2.75, 3.05) is 18.8 Å². The second kappa shape index (κ2) is 7.97. The number of anilines is 1. The first-order valence-electron chi connectivity index (χ1n) is 9.39. The molecule has 1 aromatic carbocycles. The Morgan fingerprint density at radius 3 is 2.90 bits per heavy atom. The molecule has 1 aliphatic rings. The zero-order chi connectivity index (χ0) is 21.3. The van der Waals surface area contributed by atoms with Crippen molar-refractivity contribution < 1.29 is 13.6 Å². The van der Waals surface area contributed by atoms with Gasteiger partial charge in [0.1, 0.15) is 11.5 Å². The normalized spacial score (nSPS) is 14.4. The van der Waals surface area contributed by atoms with Crippen LogP contribution in [0.3, 0.4) is 0 Å². The van der Waals surface area contributed by atoms with Crippen LogP contribution in [0.2, 0.25) is 0 Å². The lowest BCUT2D eigenvalue weighted by Crippen LogP contribution is -2.28. The molecule has 3 heterocycles. The number of tetrazole rings is 1. The van der Waals surface area contributed by atoms with Crippen LogP contribution in [0.4, 0.5) is 14.6 Å². The number of nitrogens with zero attached hydrogens (tertiary/aromatic N) is 6. The maximum absolute atomic E-state index is 14.3. The van der Waals surface area contributed by atoms with Gasteiger partial charge in [0, 0.05) is 26.2 Å².